The Morgan fingerprint density at radius 2 is 2.20 bits per heavy atom. The lowest BCUT2D eigenvalue weighted by molar-refractivity contribution is -0.178. The fourth-order valence-corrected chi connectivity index (χ4v) is 1.68. The van der Waals surface area contributed by atoms with Crippen molar-refractivity contribution in [1.29, 1.82) is 0 Å². The second kappa shape index (κ2) is 4.13. The molecular formula is C2H6O6P2. The first-order valence-electron chi connectivity index (χ1n) is 2.25. The molecule has 0 saturated carbocycles. The number of hydrogen-bond acceptors (Lipinski definition) is 5. The lowest BCUT2D eigenvalue weighted by Crippen LogP contribution is -1.97. The van der Waals surface area contributed by atoms with Crippen LogP contribution in [0.25, 0.3) is 0 Å². The van der Waals surface area contributed by atoms with E-state index in [1.165, 1.54) is 0 Å². The van der Waals surface area contributed by atoms with E-state index >= 15 is 0 Å². The zero-order valence-electron chi connectivity index (χ0n) is 4.84. The van der Waals surface area contributed by atoms with Crippen LogP contribution in [0.3, 0.4) is 0 Å². The van der Waals surface area contributed by atoms with Crippen molar-refractivity contribution in [2.24, 2.45) is 0 Å². The van der Waals surface area contributed by atoms with Crippen molar-refractivity contribution >= 4 is 15.9 Å². The Labute approximate surface area is 57.9 Å². The SMILES string of the molecule is O=[P+]([O-])OP(=O)(O)CCO. The molecule has 2 unspecified atom stereocenters. The molecule has 0 saturated heterocycles. The first-order valence-corrected chi connectivity index (χ1v) is 5.10. The summed E-state index contributed by atoms with van der Waals surface area (Å²) >= 11 is 0. The standard InChI is InChI=1S/C2H6O6P2/c3-1-2-10(6,7)8-9(4)5/h3H,1-2H2,(H,6,7). The van der Waals surface area contributed by atoms with Crippen molar-refractivity contribution in [3.63, 3.8) is 0 Å². The van der Waals surface area contributed by atoms with Gasteiger partial charge in [-0.05, 0) is 4.57 Å². The maximum Gasteiger partial charge on any atom is 0.497 e. The normalized spacial score (nSPS) is 18.1. The van der Waals surface area contributed by atoms with Gasteiger partial charge in [0.25, 0.3) is 0 Å². The van der Waals surface area contributed by atoms with Crippen LogP contribution in [0.1, 0.15) is 0 Å². The van der Waals surface area contributed by atoms with Crippen LogP contribution in [-0.2, 0) is 13.4 Å². The van der Waals surface area contributed by atoms with Crippen LogP contribution in [0.2, 0.25) is 0 Å². The molecule has 10 heavy (non-hydrogen) atoms. The van der Waals surface area contributed by atoms with Crippen molar-refractivity contribution in [3.05, 3.63) is 0 Å². The maximum atomic E-state index is 10.4. The molecule has 2 atom stereocenters. The van der Waals surface area contributed by atoms with E-state index in [2.05, 4.69) is 4.31 Å². The Morgan fingerprint density at radius 3 is 2.50 bits per heavy atom. The fraction of sp³-hybridized carbons (Fsp3) is 1.00. The van der Waals surface area contributed by atoms with Crippen molar-refractivity contribution in [2.45, 2.75) is 0 Å². The molecule has 0 aromatic carbocycles. The number of hydrogen-bond donors (Lipinski definition) is 2. The van der Waals surface area contributed by atoms with Crippen molar-refractivity contribution < 1.29 is 28.3 Å². The monoisotopic (exact) mass is 188 g/mol. The highest BCUT2D eigenvalue weighted by Gasteiger charge is 2.26. The van der Waals surface area contributed by atoms with Gasteiger partial charge in [0.15, 0.2) is 0 Å². The Kier molecular flexibility index (Phi) is 4.20. The molecule has 0 rings (SSSR count). The first kappa shape index (κ1) is 10.2. The summed E-state index contributed by atoms with van der Waals surface area (Å²) < 4.78 is 23.7. The topological polar surface area (TPSA) is 107 Å². The molecule has 0 heterocycles. The summed E-state index contributed by atoms with van der Waals surface area (Å²) in [6.07, 6.45) is -0.573. The van der Waals surface area contributed by atoms with Gasteiger partial charge in [-0.2, -0.15) is 0 Å². The van der Waals surface area contributed by atoms with Gasteiger partial charge in [0.1, 0.15) is 0 Å². The van der Waals surface area contributed by atoms with E-state index in [4.69, 9.17) is 10.00 Å². The number of aliphatic hydroxyl groups is 1. The zero-order valence-corrected chi connectivity index (χ0v) is 6.62. The summed E-state index contributed by atoms with van der Waals surface area (Å²) in [7, 11) is -7.42. The average Bonchev–Trinajstić information content (AvgIpc) is 1.59. The molecule has 6 nitrogen and oxygen atoms in total. The van der Waals surface area contributed by atoms with E-state index in [1.807, 2.05) is 0 Å². The summed E-state index contributed by atoms with van der Waals surface area (Å²) in [4.78, 5) is 18.2. The molecular weight excluding hydrogens is 182 g/mol. The second-order valence-electron chi connectivity index (χ2n) is 1.39. The van der Waals surface area contributed by atoms with E-state index < -0.39 is 28.6 Å². The van der Waals surface area contributed by atoms with Crippen LogP contribution in [-0.4, -0.2) is 22.8 Å². The highest BCUT2D eigenvalue weighted by atomic mass is 31.2. The second-order valence-corrected chi connectivity index (χ2v) is 4.21. The molecule has 0 bridgehead atoms. The summed E-state index contributed by atoms with van der Waals surface area (Å²) in [5, 5.41) is 8.11. The molecule has 0 aromatic heterocycles. The van der Waals surface area contributed by atoms with Crippen LogP contribution >= 0.6 is 15.9 Å². The quantitative estimate of drug-likeness (QED) is 0.559. The van der Waals surface area contributed by atoms with E-state index in [9.17, 15) is 14.0 Å². The predicted molar refractivity (Wildman–Crippen MR) is 30.5 cm³/mol. The maximum absolute atomic E-state index is 10.4. The Morgan fingerprint density at radius 1 is 1.70 bits per heavy atom. The molecule has 0 spiro atoms. The molecule has 2 N–H and O–H groups in total. The van der Waals surface area contributed by atoms with E-state index in [0.29, 0.717) is 0 Å². The Balaban J connectivity index is 3.87. The van der Waals surface area contributed by atoms with Gasteiger partial charge < -0.3 is 14.9 Å². The third kappa shape index (κ3) is 4.99. The summed E-state index contributed by atoms with van der Waals surface area (Å²) in [6, 6.07) is 0. The minimum absolute atomic E-state index is 0.573. The van der Waals surface area contributed by atoms with Crippen molar-refractivity contribution in [2.75, 3.05) is 12.8 Å². The molecule has 60 valence electrons. The van der Waals surface area contributed by atoms with Gasteiger partial charge in [-0.3, -0.25) is 4.57 Å². The fourth-order valence-electron chi connectivity index (χ4n) is 0.271. The molecule has 8 heteroatoms. The van der Waals surface area contributed by atoms with Gasteiger partial charge in [-0.1, -0.05) is 4.31 Å². The predicted octanol–water partition coefficient (Wildman–Crippen LogP) is -0.802. The minimum Gasteiger partial charge on any atom is -0.566 e. The van der Waals surface area contributed by atoms with Gasteiger partial charge in [0.2, 0.25) is 0 Å². The Bertz CT molecular complexity index is 165. The molecule has 0 aliphatic carbocycles. The van der Waals surface area contributed by atoms with Gasteiger partial charge in [0, 0.05) is 0 Å². The van der Waals surface area contributed by atoms with Gasteiger partial charge in [-0.25, -0.2) is 0 Å². The van der Waals surface area contributed by atoms with Crippen molar-refractivity contribution in [3.8, 4) is 0 Å². The molecule has 0 amide bonds. The van der Waals surface area contributed by atoms with Crippen molar-refractivity contribution in [1.82, 2.24) is 0 Å². The third-order valence-electron chi connectivity index (χ3n) is 0.577. The zero-order chi connectivity index (χ0) is 8.20. The smallest absolute Gasteiger partial charge is 0.497 e. The summed E-state index contributed by atoms with van der Waals surface area (Å²) in [6.45, 7) is -0.586. The molecule has 0 aliphatic heterocycles. The lowest BCUT2D eigenvalue weighted by Gasteiger charge is -2.00. The van der Waals surface area contributed by atoms with E-state index in [0.717, 1.165) is 0 Å². The molecule has 0 aromatic rings. The summed E-state index contributed by atoms with van der Waals surface area (Å²) in [5.41, 5.74) is 0. The summed E-state index contributed by atoms with van der Waals surface area (Å²) in [5.74, 6) is 0. The average molecular weight is 188 g/mol. The molecule has 0 fully saturated rings. The Hall–Kier alpha value is 0.170. The minimum atomic E-state index is -4.09. The molecule has 0 radical (unpaired) electrons. The third-order valence-corrected chi connectivity index (χ3v) is 2.90. The lowest BCUT2D eigenvalue weighted by atomic mass is 10.9. The number of aliphatic hydroxyl groups excluding tert-OH is 1. The number of rotatable bonds is 4. The highest BCUT2D eigenvalue weighted by molar-refractivity contribution is 7.59. The van der Waals surface area contributed by atoms with Crippen LogP contribution in [0, 0.1) is 0 Å². The van der Waals surface area contributed by atoms with Crippen LogP contribution in [0.15, 0.2) is 0 Å². The largest absolute Gasteiger partial charge is 0.566 e. The van der Waals surface area contributed by atoms with Crippen LogP contribution in [0.5, 0.6) is 0 Å². The van der Waals surface area contributed by atoms with Crippen LogP contribution in [0.4, 0.5) is 0 Å². The van der Waals surface area contributed by atoms with E-state index in [-0.39, 0.29) is 0 Å². The van der Waals surface area contributed by atoms with Gasteiger partial charge in [-0.15, -0.1) is 0 Å². The van der Waals surface area contributed by atoms with Gasteiger partial charge >= 0.3 is 15.9 Å². The van der Waals surface area contributed by atoms with Crippen LogP contribution < -0.4 is 4.89 Å². The first-order chi connectivity index (χ1) is 4.48. The highest BCUT2D eigenvalue weighted by Crippen LogP contribution is 2.47. The van der Waals surface area contributed by atoms with Gasteiger partial charge in [0.05, 0.1) is 12.8 Å². The van der Waals surface area contributed by atoms with E-state index in [1.54, 1.807) is 0 Å². The molecule has 0 aliphatic rings.